The molecule has 148 valence electrons. The molecule has 2 saturated heterocycles. The second-order valence-electron chi connectivity index (χ2n) is 7.06. The Morgan fingerprint density at radius 3 is 2.45 bits per heavy atom. The molecule has 29 heavy (non-hydrogen) atoms. The van der Waals surface area contributed by atoms with Crippen molar-refractivity contribution in [3.63, 3.8) is 0 Å². The molecule has 3 amide bonds. The number of hydrogen-bond donors (Lipinski definition) is 0. The van der Waals surface area contributed by atoms with E-state index in [1.807, 2.05) is 24.3 Å². The van der Waals surface area contributed by atoms with Crippen molar-refractivity contribution in [2.24, 2.45) is 5.11 Å². The molecule has 10 heteroatoms. The summed E-state index contributed by atoms with van der Waals surface area (Å²) in [5.74, 6) is -0.376. The number of hydrogen-bond acceptors (Lipinski definition) is 3. The number of azide groups is 1. The quantitative estimate of drug-likeness (QED) is 0.240. The van der Waals surface area contributed by atoms with Crippen molar-refractivity contribution in [3.8, 4) is 0 Å². The highest BCUT2D eigenvalue weighted by Crippen LogP contribution is 2.44. The van der Waals surface area contributed by atoms with Crippen molar-refractivity contribution in [1.82, 2.24) is 4.90 Å². The Labute approximate surface area is 184 Å². The first-order valence-corrected chi connectivity index (χ1v) is 10.3. The van der Waals surface area contributed by atoms with Crippen LogP contribution in [-0.2, 0) is 11.2 Å². The van der Waals surface area contributed by atoms with Gasteiger partial charge in [-0.05, 0) is 47.8 Å². The predicted octanol–water partition coefficient (Wildman–Crippen LogP) is 5.59. The summed E-state index contributed by atoms with van der Waals surface area (Å²) < 4.78 is 0.915. The molecule has 0 saturated carbocycles. The molecule has 0 unspecified atom stereocenters. The van der Waals surface area contributed by atoms with Gasteiger partial charge in [-0.3, -0.25) is 4.79 Å². The van der Waals surface area contributed by atoms with E-state index in [2.05, 4.69) is 26.0 Å². The zero-order valence-electron chi connectivity index (χ0n) is 14.9. The van der Waals surface area contributed by atoms with E-state index in [1.165, 1.54) is 23.1 Å². The molecule has 2 heterocycles. The number of carbonyl (C=O) groups is 2. The third kappa shape index (κ3) is 3.46. The van der Waals surface area contributed by atoms with E-state index < -0.39 is 17.6 Å². The summed E-state index contributed by atoms with van der Waals surface area (Å²) in [5, 5.41) is 4.42. The maximum Gasteiger partial charge on any atom is 0.332 e. The molecule has 0 N–H and O–H groups in total. The molecule has 0 bridgehead atoms. The first kappa shape index (κ1) is 20.0. The molecule has 4 rings (SSSR count). The number of urea groups is 1. The van der Waals surface area contributed by atoms with E-state index >= 15 is 0 Å². The predicted molar refractivity (Wildman–Crippen MR) is 114 cm³/mol. The van der Waals surface area contributed by atoms with Gasteiger partial charge in [0.25, 0.3) is 5.91 Å². The average molecular weight is 495 g/mol. The highest BCUT2D eigenvalue weighted by atomic mass is 79.9. The lowest BCUT2D eigenvalue weighted by molar-refractivity contribution is -0.124. The van der Waals surface area contributed by atoms with Crippen molar-refractivity contribution in [2.45, 2.75) is 24.4 Å². The van der Waals surface area contributed by atoms with Gasteiger partial charge in [0.05, 0.1) is 11.7 Å². The maximum atomic E-state index is 13.6. The Morgan fingerprint density at radius 1 is 1.17 bits per heavy atom. The lowest BCUT2D eigenvalue weighted by atomic mass is 9.87. The summed E-state index contributed by atoms with van der Waals surface area (Å²) >= 11 is 15.6. The molecule has 0 aliphatic carbocycles. The highest BCUT2D eigenvalue weighted by molar-refractivity contribution is 9.10. The first-order valence-electron chi connectivity index (χ1n) is 8.75. The van der Waals surface area contributed by atoms with Gasteiger partial charge in [-0.2, -0.15) is 0 Å². The molecule has 2 aliphatic rings. The number of imide groups is 1. The lowest BCUT2D eigenvalue weighted by Gasteiger charge is -2.28. The SMILES string of the molecule is [N-]=[N+]=N[C@@H]1CN2C(=O)N(c3cc(Cl)cc(Cl)c3)C(=O)[C@]2(Cc2ccc(Br)cc2)C1. The summed E-state index contributed by atoms with van der Waals surface area (Å²) in [6.45, 7) is 0.177. The van der Waals surface area contributed by atoms with Gasteiger partial charge < -0.3 is 4.90 Å². The first-order chi connectivity index (χ1) is 13.8. The number of anilines is 1. The van der Waals surface area contributed by atoms with Crippen LogP contribution in [0.1, 0.15) is 12.0 Å². The summed E-state index contributed by atoms with van der Waals surface area (Å²) in [4.78, 5) is 32.3. The second-order valence-corrected chi connectivity index (χ2v) is 8.85. The molecule has 0 aromatic heterocycles. The fourth-order valence-corrected chi connectivity index (χ4v) is 4.84. The third-order valence-electron chi connectivity index (χ3n) is 5.24. The van der Waals surface area contributed by atoms with Gasteiger partial charge in [-0.25, -0.2) is 9.69 Å². The second kappa shape index (κ2) is 7.54. The number of halogens is 3. The molecule has 2 aromatic carbocycles. The Morgan fingerprint density at radius 2 is 1.83 bits per heavy atom. The van der Waals surface area contributed by atoms with Crippen molar-refractivity contribution in [2.75, 3.05) is 11.4 Å². The minimum absolute atomic E-state index is 0.177. The topological polar surface area (TPSA) is 89.4 Å². The Kier molecular flexibility index (Phi) is 5.21. The number of amides is 3. The summed E-state index contributed by atoms with van der Waals surface area (Å²) in [7, 11) is 0. The van der Waals surface area contributed by atoms with Crippen LogP contribution < -0.4 is 4.90 Å². The molecule has 2 aromatic rings. The van der Waals surface area contributed by atoms with Crippen LogP contribution >= 0.6 is 39.1 Å². The van der Waals surface area contributed by atoms with E-state index in [1.54, 1.807) is 0 Å². The van der Waals surface area contributed by atoms with E-state index in [4.69, 9.17) is 28.7 Å². The van der Waals surface area contributed by atoms with Gasteiger partial charge in [0.2, 0.25) is 0 Å². The smallest absolute Gasteiger partial charge is 0.308 e. The summed E-state index contributed by atoms with van der Waals surface area (Å²) in [5.41, 5.74) is 8.93. The van der Waals surface area contributed by atoms with E-state index in [0.29, 0.717) is 22.2 Å². The van der Waals surface area contributed by atoms with Gasteiger partial charge in [0.1, 0.15) is 5.54 Å². The highest BCUT2D eigenvalue weighted by Gasteiger charge is 2.62. The van der Waals surface area contributed by atoms with Gasteiger partial charge in [-0.1, -0.05) is 56.4 Å². The molecule has 2 atom stereocenters. The van der Waals surface area contributed by atoms with E-state index in [-0.39, 0.29) is 18.9 Å². The Hall–Kier alpha value is -2.25. The normalized spacial score (nSPS) is 23.3. The maximum absolute atomic E-state index is 13.6. The molecular formula is C19H14BrCl2N5O2. The van der Waals surface area contributed by atoms with Crippen LogP contribution in [-0.4, -0.2) is 35.0 Å². The summed E-state index contributed by atoms with van der Waals surface area (Å²) in [6.07, 6.45) is 0.565. The number of benzene rings is 2. The van der Waals surface area contributed by atoms with Crippen molar-refractivity contribution >= 4 is 56.8 Å². The van der Waals surface area contributed by atoms with Gasteiger partial charge >= 0.3 is 6.03 Å². The lowest BCUT2D eigenvalue weighted by Crippen LogP contribution is -2.47. The van der Waals surface area contributed by atoms with Crippen LogP contribution in [0, 0.1) is 0 Å². The monoisotopic (exact) mass is 493 g/mol. The van der Waals surface area contributed by atoms with Crippen LogP contribution in [0.5, 0.6) is 0 Å². The minimum atomic E-state index is -1.13. The van der Waals surface area contributed by atoms with Crippen molar-refractivity contribution < 1.29 is 9.59 Å². The van der Waals surface area contributed by atoms with Crippen LogP contribution in [0.2, 0.25) is 10.0 Å². The molecular weight excluding hydrogens is 481 g/mol. The Bertz CT molecular complexity index is 1040. The number of fused-ring (bicyclic) bond motifs is 1. The fraction of sp³-hybridized carbons (Fsp3) is 0.263. The molecule has 2 aliphatic heterocycles. The average Bonchev–Trinajstić information content (AvgIpc) is 3.10. The van der Waals surface area contributed by atoms with Crippen LogP contribution in [0.25, 0.3) is 10.4 Å². The Balaban J connectivity index is 1.78. The third-order valence-corrected chi connectivity index (χ3v) is 6.20. The standard InChI is InChI=1S/C19H14BrCl2N5O2/c20-12-3-1-11(2-4-12)8-19-9-15(24-25-23)10-26(19)18(29)27(17(19)28)16-6-13(21)5-14(22)7-16/h1-7,15H,8-10H2/t15-,19-/m0/s1. The molecule has 0 radical (unpaired) electrons. The van der Waals surface area contributed by atoms with Crippen molar-refractivity contribution in [1.29, 1.82) is 0 Å². The van der Waals surface area contributed by atoms with E-state index in [9.17, 15) is 9.59 Å². The van der Waals surface area contributed by atoms with Crippen molar-refractivity contribution in [3.05, 3.63) is 73.0 Å². The molecule has 2 fully saturated rings. The van der Waals surface area contributed by atoms with Crippen LogP contribution in [0.4, 0.5) is 10.5 Å². The number of nitrogens with zero attached hydrogens (tertiary/aromatic N) is 5. The van der Waals surface area contributed by atoms with Gasteiger partial charge in [0, 0.05) is 32.4 Å². The minimum Gasteiger partial charge on any atom is -0.308 e. The van der Waals surface area contributed by atoms with Gasteiger partial charge in [-0.15, -0.1) is 0 Å². The fourth-order valence-electron chi connectivity index (χ4n) is 4.06. The van der Waals surface area contributed by atoms with Crippen LogP contribution in [0.3, 0.4) is 0 Å². The number of carbonyl (C=O) groups excluding carboxylic acids is 2. The number of rotatable bonds is 4. The molecule has 0 spiro atoms. The summed E-state index contributed by atoms with van der Waals surface area (Å²) in [6, 6.07) is 11.2. The van der Waals surface area contributed by atoms with Gasteiger partial charge in [0.15, 0.2) is 0 Å². The molecule has 7 nitrogen and oxygen atoms in total. The zero-order chi connectivity index (χ0) is 20.8. The van der Waals surface area contributed by atoms with Crippen LogP contribution in [0.15, 0.2) is 52.1 Å². The van der Waals surface area contributed by atoms with E-state index in [0.717, 1.165) is 14.9 Å². The zero-order valence-corrected chi connectivity index (χ0v) is 18.0. The largest absolute Gasteiger partial charge is 0.332 e.